The number of nitrogens with zero attached hydrogens (tertiary/aromatic N) is 2. The first-order valence-electron chi connectivity index (χ1n) is 6.64. The Bertz CT molecular complexity index is 631. The lowest BCUT2D eigenvalue weighted by molar-refractivity contribution is -0.384. The number of allylic oxidation sites excluding steroid dienone is 1. The van der Waals surface area contributed by atoms with Crippen LogP contribution in [-0.4, -0.2) is 17.4 Å². The summed E-state index contributed by atoms with van der Waals surface area (Å²) < 4.78 is 0. The van der Waals surface area contributed by atoms with Crippen molar-refractivity contribution in [2.75, 3.05) is 11.6 Å². The minimum Gasteiger partial charge on any atom is -0.336 e. The third kappa shape index (κ3) is 3.04. The van der Waals surface area contributed by atoms with Crippen LogP contribution in [0.3, 0.4) is 0 Å². The second kappa shape index (κ2) is 5.20. The van der Waals surface area contributed by atoms with E-state index in [9.17, 15) is 14.9 Å². The third-order valence-corrected chi connectivity index (χ3v) is 3.34. The van der Waals surface area contributed by atoms with Crippen LogP contribution in [0.2, 0.25) is 0 Å². The van der Waals surface area contributed by atoms with Gasteiger partial charge >= 0.3 is 5.97 Å². The Balaban J connectivity index is 2.36. The molecule has 0 fully saturated rings. The van der Waals surface area contributed by atoms with Crippen LogP contribution in [0.4, 0.5) is 11.4 Å². The molecular formula is C15H18N2O4. The van der Waals surface area contributed by atoms with Gasteiger partial charge in [-0.1, -0.05) is 19.4 Å². The summed E-state index contributed by atoms with van der Waals surface area (Å²) in [4.78, 5) is 27.5. The molecular weight excluding hydrogens is 272 g/mol. The van der Waals surface area contributed by atoms with Crippen molar-refractivity contribution in [3.05, 3.63) is 45.5 Å². The van der Waals surface area contributed by atoms with Crippen LogP contribution in [0.15, 0.2) is 29.8 Å². The number of hydrogen-bond donors (Lipinski definition) is 0. The summed E-state index contributed by atoms with van der Waals surface area (Å²) in [5.41, 5.74) is 2.07. The number of benzene rings is 1. The smallest absolute Gasteiger partial charge is 0.336 e. The lowest BCUT2D eigenvalue weighted by Crippen LogP contribution is -2.30. The number of anilines is 1. The van der Waals surface area contributed by atoms with Crippen molar-refractivity contribution in [1.29, 1.82) is 0 Å². The van der Waals surface area contributed by atoms with Crippen LogP contribution >= 0.6 is 0 Å². The second-order valence-corrected chi connectivity index (χ2v) is 6.01. The maximum Gasteiger partial charge on any atom is 0.355 e. The van der Waals surface area contributed by atoms with E-state index in [0.29, 0.717) is 12.2 Å². The molecule has 0 amide bonds. The highest BCUT2D eigenvalue weighted by Gasteiger charge is 2.38. The monoisotopic (exact) mass is 290 g/mol. The molecule has 0 spiro atoms. The number of non-ortho nitro benzene ring substituents is 1. The summed E-state index contributed by atoms with van der Waals surface area (Å²) in [5, 5.41) is 12.3. The van der Waals surface area contributed by atoms with Gasteiger partial charge in [-0.3, -0.25) is 10.1 Å². The standard InChI is InChI=1S/C15H18N2O4/c1-10(2)7-14(18)21-16-9-15(3,4)12-6-5-11(17(19)20)8-13(12)16/h5-8H,9H2,1-4H3. The molecule has 0 aromatic heterocycles. The minimum atomic E-state index is -0.481. The summed E-state index contributed by atoms with van der Waals surface area (Å²) in [5.74, 6) is -0.481. The number of fused-ring (bicyclic) bond motifs is 1. The van der Waals surface area contributed by atoms with Crippen LogP contribution in [0.1, 0.15) is 33.3 Å². The maximum atomic E-state index is 11.8. The Morgan fingerprint density at radius 2 is 2.10 bits per heavy atom. The molecule has 1 heterocycles. The van der Waals surface area contributed by atoms with Crippen molar-refractivity contribution in [2.24, 2.45) is 0 Å². The number of hydroxylamine groups is 1. The predicted octanol–water partition coefficient (Wildman–Crippen LogP) is 3.12. The number of nitro benzene ring substituents is 1. The van der Waals surface area contributed by atoms with Gasteiger partial charge in [-0.05, 0) is 25.5 Å². The highest BCUT2D eigenvalue weighted by molar-refractivity contribution is 5.84. The number of hydrogen-bond acceptors (Lipinski definition) is 5. The highest BCUT2D eigenvalue weighted by Crippen LogP contribution is 2.42. The van der Waals surface area contributed by atoms with Gasteiger partial charge in [0.15, 0.2) is 0 Å². The molecule has 0 N–H and O–H groups in total. The second-order valence-electron chi connectivity index (χ2n) is 6.01. The van der Waals surface area contributed by atoms with E-state index in [0.717, 1.165) is 11.1 Å². The molecule has 1 aliphatic rings. The molecule has 1 aromatic rings. The fourth-order valence-electron chi connectivity index (χ4n) is 2.39. The van der Waals surface area contributed by atoms with Crippen LogP contribution in [0.25, 0.3) is 0 Å². The van der Waals surface area contributed by atoms with E-state index < -0.39 is 10.9 Å². The molecule has 0 unspecified atom stereocenters. The van der Waals surface area contributed by atoms with Crippen molar-refractivity contribution in [2.45, 2.75) is 33.1 Å². The van der Waals surface area contributed by atoms with Gasteiger partial charge in [0.1, 0.15) is 0 Å². The molecule has 2 rings (SSSR count). The van der Waals surface area contributed by atoms with Gasteiger partial charge < -0.3 is 4.84 Å². The molecule has 6 heteroatoms. The molecule has 21 heavy (non-hydrogen) atoms. The van der Waals surface area contributed by atoms with Gasteiger partial charge in [0, 0.05) is 23.6 Å². The third-order valence-electron chi connectivity index (χ3n) is 3.34. The van der Waals surface area contributed by atoms with Crippen molar-refractivity contribution >= 4 is 17.3 Å². The van der Waals surface area contributed by atoms with E-state index in [1.807, 2.05) is 13.8 Å². The van der Waals surface area contributed by atoms with Gasteiger partial charge in [-0.2, -0.15) is 0 Å². The Labute approximate surface area is 123 Å². The van der Waals surface area contributed by atoms with Gasteiger partial charge in [-0.15, -0.1) is 0 Å². The summed E-state index contributed by atoms with van der Waals surface area (Å²) in [6, 6.07) is 4.64. The van der Waals surface area contributed by atoms with Crippen molar-refractivity contribution in [1.82, 2.24) is 0 Å². The van der Waals surface area contributed by atoms with Gasteiger partial charge in [0.2, 0.25) is 0 Å². The fourth-order valence-corrected chi connectivity index (χ4v) is 2.39. The van der Waals surface area contributed by atoms with Gasteiger partial charge in [0.25, 0.3) is 5.69 Å². The van der Waals surface area contributed by atoms with Crippen LogP contribution in [0.5, 0.6) is 0 Å². The highest BCUT2D eigenvalue weighted by atomic mass is 16.7. The summed E-state index contributed by atoms with van der Waals surface area (Å²) in [7, 11) is 0. The molecule has 0 bridgehead atoms. The van der Waals surface area contributed by atoms with Crippen molar-refractivity contribution in [3.8, 4) is 0 Å². The van der Waals surface area contributed by atoms with Crippen molar-refractivity contribution < 1.29 is 14.6 Å². The molecule has 0 saturated carbocycles. The number of rotatable bonds is 3. The Morgan fingerprint density at radius 3 is 2.67 bits per heavy atom. The van der Waals surface area contributed by atoms with E-state index in [4.69, 9.17) is 4.84 Å². The SMILES string of the molecule is CC(C)=CC(=O)ON1CC(C)(C)c2ccc([N+](=O)[O-])cc21. The molecule has 0 saturated heterocycles. The summed E-state index contributed by atoms with van der Waals surface area (Å²) in [6.07, 6.45) is 1.39. The summed E-state index contributed by atoms with van der Waals surface area (Å²) >= 11 is 0. The van der Waals surface area contributed by atoms with E-state index in [1.54, 1.807) is 19.9 Å². The molecule has 0 radical (unpaired) electrons. The molecule has 0 atom stereocenters. The topological polar surface area (TPSA) is 72.7 Å². The Morgan fingerprint density at radius 1 is 1.43 bits per heavy atom. The van der Waals surface area contributed by atoms with E-state index in [1.165, 1.54) is 23.3 Å². The first-order chi connectivity index (χ1) is 9.70. The summed E-state index contributed by atoms with van der Waals surface area (Å²) in [6.45, 7) is 8.08. The number of carbonyl (C=O) groups is 1. The van der Waals surface area contributed by atoms with Crippen LogP contribution in [0, 0.1) is 10.1 Å². The first kappa shape index (κ1) is 15.0. The zero-order chi connectivity index (χ0) is 15.8. The fraction of sp³-hybridized carbons (Fsp3) is 0.400. The molecule has 1 aliphatic heterocycles. The van der Waals surface area contributed by atoms with E-state index >= 15 is 0 Å². The predicted molar refractivity (Wildman–Crippen MR) is 79.0 cm³/mol. The minimum absolute atomic E-state index is 0.0188. The van der Waals surface area contributed by atoms with Crippen molar-refractivity contribution in [3.63, 3.8) is 0 Å². The zero-order valence-corrected chi connectivity index (χ0v) is 12.5. The Hall–Kier alpha value is -2.37. The molecule has 112 valence electrons. The maximum absolute atomic E-state index is 11.8. The normalized spacial score (nSPS) is 15.3. The van der Waals surface area contributed by atoms with Gasteiger partial charge in [-0.25, -0.2) is 9.86 Å². The Kier molecular flexibility index (Phi) is 3.72. The van der Waals surface area contributed by atoms with Crippen LogP contribution in [-0.2, 0) is 15.0 Å². The molecule has 0 aliphatic carbocycles. The zero-order valence-electron chi connectivity index (χ0n) is 12.5. The lowest BCUT2D eigenvalue weighted by Gasteiger charge is -2.20. The van der Waals surface area contributed by atoms with E-state index in [2.05, 4.69) is 0 Å². The molecule has 6 nitrogen and oxygen atoms in total. The molecule has 1 aromatic carbocycles. The largest absolute Gasteiger partial charge is 0.355 e. The lowest BCUT2D eigenvalue weighted by atomic mass is 9.87. The van der Waals surface area contributed by atoms with Crippen LogP contribution < -0.4 is 5.06 Å². The number of nitro groups is 1. The first-order valence-corrected chi connectivity index (χ1v) is 6.64. The average Bonchev–Trinajstić information content (AvgIpc) is 2.59. The quantitative estimate of drug-likeness (QED) is 0.486. The average molecular weight is 290 g/mol. The van der Waals surface area contributed by atoms with E-state index in [-0.39, 0.29) is 11.1 Å². The van der Waals surface area contributed by atoms with Gasteiger partial charge in [0.05, 0.1) is 17.2 Å². The number of carbonyl (C=O) groups excluding carboxylic acids is 1.